The van der Waals surface area contributed by atoms with E-state index in [1.165, 1.54) is 21.8 Å². The third-order valence-corrected chi connectivity index (χ3v) is 3.44. The zero-order valence-electron chi connectivity index (χ0n) is 12.3. The molecule has 0 saturated carbocycles. The van der Waals surface area contributed by atoms with Crippen LogP contribution in [-0.4, -0.2) is 30.1 Å². The van der Waals surface area contributed by atoms with E-state index in [4.69, 9.17) is 0 Å². The Kier molecular flexibility index (Phi) is 4.90. The molecule has 3 rings (SSSR count). The van der Waals surface area contributed by atoms with Crippen LogP contribution in [0.3, 0.4) is 0 Å². The van der Waals surface area contributed by atoms with Gasteiger partial charge in [0.25, 0.3) is 0 Å². The van der Waals surface area contributed by atoms with Gasteiger partial charge in [0.15, 0.2) is 0 Å². The number of aromatic nitrogens is 1. The number of halogens is 1. The second-order valence-electron chi connectivity index (χ2n) is 5.21. The molecule has 0 N–H and O–H groups in total. The van der Waals surface area contributed by atoms with Gasteiger partial charge >= 0.3 is 0 Å². The molecule has 0 unspecified atom stereocenters. The van der Waals surface area contributed by atoms with Gasteiger partial charge in [0.2, 0.25) is 0 Å². The topological polar surface area (TPSA) is 8.17 Å². The van der Waals surface area contributed by atoms with Crippen molar-refractivity contribution in [3.63, 3.8) is 0 Å². The summed E-state index contributed by atoms with van der Waals surface area (Å²) >= 11 is 0. The van der Waals surface area contributed by atoms with Crippen molar-refractivity contribution in [3.05, 3.63) is 48.5 Å². The van der Waals surface area contributed by atoms with Crippen molar-refractivity contribution in [2.75, 3.05) is 20.6 Å². The molecule has 21 heavy (non-hydrogen) atoms. The van der Waals surface area contributed by atoms with Gasteiger partial charge in [-0.1, -0.05) is 48.2 Å². The van der Waals surface area contributed by atoms with Crippen LogP contribution in [0.5, 0.6) is 0 Å². The van der Waals surface area contributed by atoms with Crippen LogP contribution < -0.4 is 0 Å². The van der Waals surface area contributed by atoms with Crippen LogP contribution in [-0.2, 0) is 6.54 Å². The van der Waals surface area contributed by atoms with Crippen molar-refractivity contribution >= 4 is 34.2 Å². The molecule has 1 heterocycles. The highest BCUT2D eigenvalue weighted by atomic mass is 35.5. The smallest absolute Gasteiger partial charge is 0.0844 e. The summed E-state index contributed by atoms with van der Waals surface area (Å²) in [5.41, 5.74) is 2.51. The monoisotopic (exact) mass is 298 g/mol. The van der Waals surface area contributed by atoms with E-state index < -0.39 is 0 Å². The molecule has 2 nitrogen and oxygen atoms in total. The van der Waals surface area contributed by atoms with Gasteiger partial charge in [-0.05, 0) is 26.2 Å². The molecule has 0 spiro atoms. The first kappa shape index (κ1) is 15.4. The quantitative estimate of drug-likeness (QED) is 0.654. The predicted octanol–water partition coefficient (Wildman–Crippen LogP) is 3.78. The Balaban J connectivity index is 0.00000161. The lowest BCUT2D eigenvalue weighted by atomic mass is 10.2. The molecule has 3 aromatic rings. The van der Waals surface area contributed by atoms with Gasteiger partial charge in [-0.25, -0.2) is 0 Å². The Morgan fingerprint density at radius 1 is 0.857 bits per heavy atom. The number of hydrogen-bond acceptors (Lipinski definition) is 1. The maximum absolute atomic E-state index is 3.27. The lowest BCUT2D eigenvalue weighted by Gasteiger charge is -2.03. The lowest BCUT2D eigenvalue weighted by Crippen LogP contribution is -2.11. The van der Waals surface area contributed by atoms with E-state index in [9.17, 15) is 0 Å². The van der Waals surface area contributed by atoms with E-state index in [0.717, 1.165) is 13.1 Å². The first-order chi connectivity index (χ1) is 9.77. The maximum atomic E-state index is 3.27. The average Bonchev–Trinajstić information content (AvgIpc) is 2.78. The average molecular weight is 299 g/mol. The van der Waals surface area contributed by atoms with E-state index in [-0.39, 0.29) is 12.4 Å². The number of nitrogens with zero attached hydrogens (tertiary/aromatic N) is 2. The van der Waals surface area contributed by atoms with Crippen LogP contribution in [0.1, 0.15) is 0 Å². The van der Waals surface area contributed by atoms with Crippen LogP contribution in [0, 0.1) is 11.8 Å². The molecule has 0 aliphatic carbocycles. The molecular weight excluding hydrogens is 280 g/mol. The number of hydrogen-bond donors (Lipinski definition) is 0. The van der Waals surface area contributed by atoms with Crippen LogP contribution in [0.2, 0.25) is 0 Å². The fourth-order valence-electron chi connectivity index (χ4n) is 2.52. The van der Waals surface area contributed by atoms with Gasteiger partial charge < -0.3 is 4.57 Å². The minimum Gasteiger partial charge on any atom is -0.329 e. The van der Waals surface area contributed by atoms with Crippen molar-refractivity contribution in [3.8, 4) is 11.8 Å². The summed E-state index contributed by atoms with van der Waals surface area (Å²) in [7, 11) is 4.07. The summed E-state index contributed by atoms with van der Waals surface area (Å²) in [6, 6.07) is 17.1. The highest BCUT2D eigenvalue weighted by Gasteiger charge is 2.07. The number of fused-ring (bicyclic) bond motifs is 3. The number of rotatable bonds is 2. The minimum absolute atomic E-state index is 0. The Morgan fingerprint density at radius 2 is 1.38 bits per heavy atom. The largest absolute Gasteiger partial charge is 0.329 e. The van der Waals surface area contributed by atoms with Crippen LogP contribution in [0.15, 0.2) is 48.5 Å². The number of benzene rings is 2. The minimum atomic E-state index is 0. The molecule has 0 saturated heterocycles. The van der Waals surface area contributed by atoms with Gasteiger partial charge in [-0.2, -0.15) is 0 Å². The SMILES string of the molecule is CN(C)CC#CCn1c2ccccc2c2ccccc21.Cl. The molecule has 0 fully saturated rings. The zero-order chi connectivity index (χ0) is 13.9. The molecule has 0 amide bonds. The summed E-state index contributed by atoms with van der Waals surface area (Å²) in [6.07, 6.45) is 0. The number of para-hydroxylation sites is 2. The first-order valence-electron chi connectivity index (χ1n) is 6.84. The molecule has 3 heteroatoms. The molecule has 1 aromatic heterocycles. The summed E-state index contributed by atoms with van der Waals surface area (Å²) in [5.74, 6) is 6.48. The normalized spacial score (nSPS) is 10.4. The molecule has 0 aliphatic rings. The Bertz CT molecular complexity index is 753. The maximum Gasteiger partial charge on any atom is 0.0844 e. The molecule has 108 valence electrons. The highest BCUT2D eigenvalue weighted by molar-refractivity contribution is 6.07. The molecule has 2 aromatic carbocycles. The second kappa shape index (κ2) is 6.67. The Labute approximate surface area is 131 Å². The summed E-state index contributed by atoms with van der Waals surface area (Å²) in [6.45, 7) is 1.54. The Morgan fingerprint density at radius 3 is 1.90 bits per heavy atom. The van der Waals surface area contributed by atoms with E-state index >= 15 is 0 Å². The van der Waals surface area contributed by atoms with Crippen molar-refractivity contribution in [1.29, 1.82) is 0 Å². The highest BCUT2D eigenvalue weighted by Crippen LogP contribution is 2.28. The zero-order valence-corrected chi connectivity index (χ0v) is 13.2. The third-order valence-electron chi connectivity index (χ3n) is 3.44. The van der Waals surface area contributed by atoms with Crippen molar-refractivity contribution in [1.82, 2.24) is 9.47 Å². The van der Waals surface area contributed by atoms with Crippen LogP contribution >= 0.6 is 12.4 Å². The molecule has 0 bridgehead atoms. The van der Waals surface area contributed by atoms with Crippen molar-refractivity contribution in [2.24, 2.45) is 0 Å². The standard InChI is InChI=1S/C18H18N2.ClH/c1-19(2)13-7-8-14-20-17-11-5-3-9-15(17)16-10-4-6-12-18(16)20;/h3-6,9-12H,13-14H2,1-2H3;1H. The van der Waals surface area contributed by atoms with Crippen molar-refractivity contribution < 1.29 is 0 Å². The van der Waals surface area contributed by atoms with Gasteiger partial charge in [0.05, 0.1) is 13.1 Å². The fraction of sp³-hybridized carbons (Fsp3) is 0.222. The fourth-order valence-corrected chi connectivity index (χ4v) is 2.52. The lowest BCUT2D eigenvalue weighted by molar-refractivity contribution is 0.463. The molecule has 0 aliphatic heterocycles. The second-order valence-corrected chi connectivity index (χ2v) is 5.21. The third kappa shape index (κ3) is 3.05. The predicted molar refractivity (Wildman–Crippen MR) is 93.0 cm³/mol. The molecular formula is C18H19ClN2. The van der Waals surface area contributed by atoms with E-state index in [1.54, 1.807) is 0 Å². The van der Waals surface area contributed by atoms with E-state index in [1.807, 2.05) is 14.1 Å². The van der Waals surface area contributed by atoms with Gasteiger partial charge in [0, 0.05) is 21.8 Å². The van der Waals surface area contributed by atoms with Gasteiger partial charge in [-0.3, -0.25) is 4.90 Å². The van der Waals surface area contributed by atoms with Gasteiger partial charge in [0.1, 0.15) is 0 Å². The molecule has 0 atom stereocenters. The summed E-state index contributed by atoms with van der Waals surface area (Å²) in [4.78, 5) is 2.08. The van der Waals surface area contributed by atoms with Crippen LogP contribution in [0.4, 0.5) is 0 Å². The first-order valence-corrected chi connectivity index (χ1v) is 6.84. The van der Waals surface area contributed by atoms with E-state index in [0.29, 0.717) is 0 Å². The summed E-state index contributed by atoms with van der Waals surface area (Å²) in [5, 5.41) is 2.61. The molecule has 0 radical (unpaired) electrons. The Hall–Kier alpha value is -1.95. The van der Waals surface area contributed by atoms with E-state index in [2.05, 4.69) is 69.8 Å². The van der Waals surface area contributed by atoms with Crippen LogP contribution in [0.25, 0.3) is 21.8 Å². The van der Waals surface area contributed by atoms with Gasteiger partial charge in [-0.15, -0.1) is 12.4 Å². The van der Waals surface area contributed by atoms with Crippen molar-refractivity contribution in [2.45, 2.75) is 6.54 Å². The summed E-state index contributed by atoms with van der Waals surface area (Å²) < 4.78 is 2.30.